The normalized spacial score (nSPS) is 19.9. The number of carboxylic acids is 1. The molecule has 1 heterocycles. The third-order valence-corrected chi connectivity index (χ3v) is 5.55. The van der Waals surface area contributed by atoms with Crippen LogP contribution >= 0.6 is 0 Å². The predicted octanol–water partition coefficient (Wildman–Crippen LogP) is 0.680. The molecule has 0 atom stereocenters. The van der Waals surface area contributed by atoms with Gasteiger partial charge in [0.1, 0.15) is 6.61 Å². The minimum absolute atomic E-state index is 0.160. The van der Waals surface area contributed by atoms with Crippen LogP contribution in [0.25, 0.3) is 0 Å². The van der Waals surface area contributed by atoms with Gasteiger partial charge in [0.2, 0.25) is 10.0 Å². The van der Waals surface area contributed by atoms with Crippen LogP contribution in [-0.4, -0.2) is 54.3 Å². The minimum atomic E-state index is -3.29. The number of ether oxygens (including phenoxy) is 1. The van der Waals surface area contributed by atoms with Crippen molar-refractivity contribution in [3.63, 3.8) is 0 Å². The first-order valence-corrected chi connectivity index (χ1v) is 7.41. The highest BCUT2D eigenvalue weighted by Crippen LogP contribution is 2.24. The Hall–Kier alpha value is -0.660. The van der Waals surface area contributed by atoms with E-state index in [2.05, 4.69) is 0 Å². The topological polar surface area (TPSA) is 83.9 Å². The van der Waals surface area contributed by atoms with Gasteiger partial charge in [0, 0.05) is 13.1 Å². The zero-order valence-corrected chi connectivity index (χ0v) is 11.9. The molecule has 1 aliphatic heterocycles. The van der Waals surface area contributed by atoms with E-state index >= 15 is 0 Å². The molecule has 1 saturated heterocycles. The van der Waals surface area contributed by atoms with Crippen molar-refractivity contribution in [3.05, 3.63) is 0 Å². The lowest BCUT2D eigenvalue weighted by atomic mass is 10.1. The Kier molecular flexibility index (Phi) is 4.74. The van der Waals surface area contributed by atoms with Crippen LogP contribution in [-0.2, 0) is 19.6 Å². The molecule has 1 N–H and O–H groups in total. The van der Waals surface area contributed by atoms with Gasteiger partial charge in [0.15, 0.2) is 0 Å². The number of hydrogen-bond acceptors (Lipinski definition) is 4. The number of nitrogens with zero attached hydrogens (tertiary/aromatic N) is 1. The molecule has 0 aromatic rings. The van der Waals surface area contributed by atoms with Gasteiger partial charge < -0.3 is 9.84 Å². The molecule has 1 fully saturated rings. The zero-order valence-electron chi connectivity index (χ0n) is 11.0. The first-order valence-electron chi connectivity index (χ1n) is 5.97. The summed E-state index contributed by atoms with van der Waals surface area (Å²) in [7, 11) is -3.29. The standard InChI is InChI=1S/C11H21NO5S/c1-11(2,3)18(15,16)12-6-4-9(5-7-12)17-8-10(13)14/h9H,4-8H2,1-3H3,(H,13,14). The summed E-state index contributed by atoms with van der Waals surface area (Å²) in [6.45, 7) is 5.49. The maximum Gasteiger partial charge on any atom is 0.329 e. The summed E-state index contributed by atoms with van der Waals surface area (Å²) in [6, 6.07) is 0. The fourth-order valence-corrected chi connectivity index (χ4v) is 3.28. The third-order valence-electron chi connectivity index (χ3n) is 2.96. The average Bonchev–Trinajstić information content (AvgIpc) is 2.25. The van der Waals surface area contributed by atoms with E-state index < -0.39 is 20.7 Å². The van der Waals surface area contributed by atoms with E-state index in [0.717, 1.165) is 0 Å². The van der Waals surface area contributed by atoms with Crippen LogP contribution in [0.1, 0.15) is 33.6 Å². The maximum absolute atomic E-state index is 12.2. The van der Waals surface area contributed by atoms with Gasteiger partial charge in [0.25, 0.3) is 0 Å². The van der Waals surface area contributed by atoms with Gasteiger partial charge in [-0.05, 0) is 33.6 Å². The van der Waals surface area contributed by atoms with E-state index in [1.165, 1.54) is 4.31 Å². The summed E-state index contributed by atoms with van der Waals surface area (Å²) in [6.07, 6.45) is 0.929. The van der Waals surface area contributed by atoms with E-state index in [1.807, 2.05) is 0 Å². The van der Waals surface area contributed by atoms with Crippen molar-refractivity contribution in [3.8, 4) is 0 Å². The molecule has 0 aliphatic carbocycles. The molecule has 0 saturated carbocycles. The second kappa shape index (κ2) is 5.54. The molecule has 106 valence electrons. The Morgan fingerprint density at radius 3 is 2.22 bits per heavy atom. The molecule has 0 aromatic carbocycles. The van der Waals surface area contributed by atoms with Gasteiger partial charge in [-0.1, -0.05) is 0 Å². The summed E-state index contributed by atoms with van der Waals surface area (Å²) in [5.41, 5.74) is 0. The van der Waals surface area contributed by atoms with Gasteiger partial charge in [-0.25, -0.2) is 17.5 Å². The number of carboxylic acid groups (broad SMARTS) is 1. The Morgan fingerprint density at radius 1 is 1.33 bits per heavy atom. The first-order chi connectivity index (χ1) is 8.14. The number of carbonyl (C=O) groups is 1. The van der Waals surface area contributed by atoms with E-state index in [4.69, 9.17) is 9.84 Å². The van der Waals surface area contributed by atoms with Crippen LogP contribution in [0.4, 0.5) is 0 Å². The SMILES string of the molecule is CC(C)(C)S(=O)(=O)N1CCC(OCC(=O)O)CC1. The molecule has 0 radical (unpaired) electrons. The molecule has 18 heavy (non-hydrogen) atoms. The van der Waals surface area contributed by atoms with E-state index in [-0.39, 0.29) is 12.7 Å². The molecular weight excluding hydrogens is 258 g/mol. The molecular formula is C11H21NO5S. The molecule has 6 nitrogen and oxygen atoms in total. The van der Waals surface area contributed by atoms with Gasteiger partial charge in [-0.15, -0.1) is 0 Å². The molecule has 1 aliphatic rings. The third kappa shape index (κ3) is 3.66. The van der Waals surface area contributed by atoms with Crippen molar-refractivity contribution in [2.45, 2.75) is 44.5 Å². The number of sulfonamides is 1. The number of rotatable bonds is 4. The Balaban J connectivity index is 2.52. The first kappa shape index (κ1) is 15.4. The average molecular weight is 279 g/mol. The highest BCUT2D eigenvalue weighted by molar-refractivity contribution is 7.90. The lowest BCUT2D eigenvalue weighted by Gasteiger charge is -2.35. The van der Waals surface area contributed by atoms with E-state index in [9.17, 15) is 13.2 Å². The van der Waals surface area contributed by atoms with E-state index in [1.54, 1.807) is 20.8 Å². The van der Waals surface area contributed by atoms with Crippen LogP contribution in [0, 0.1) is 0 Å². The van der Waals surface area contributed by atoms with Crippen molar-refractivity contribution in [1.82, 2.24) is 4.31 Å². The van der Waals surface area contributed by atoms with Crippen molar-refractivity contribution in [2.75, 3.05) is 19.7 Å². The van der Waals surface area contributed by atoms with Gasteiger partial charge >= 0.3 is 5.97 Å². The second-order valence-electron chi connectivity index (χ2n) is 5.42. The fourth-order valence-electron chi connectivity index (χ4n) is 1.82. The molecule has 0 unspecified atom stereocenters. The Bertz CT molecular complexity index is 390. The van der Waals surface area contributed by atoms with Gasteiger partial charge in [0.05, 0.1) is 10.9 Å². The molecule has 0 amide bonds. The summed E-state index contributed by atoms with van der Waals surface area (Å²) < 4.78 is 30.2. The fraction of sp³-hybridized carbons (Fsp3) is 0.909. The quantitative estimate of drug-likeness (QED) is 0.818. The van der Waals surface area contributed by atoms with Crippen LogP contribution in [0.5, 0.6) is 0 Å². The summed E-state index contributed by atoms with van der Waals surface area (Å²) in [5.74, 6) is -1.00. The lowest BCUT2D eigenvalue weighted by Crippen LogP contribution is -2.47. The maximum atomic E-state index is 12.2. The molecule has 1 rings (SSSR count). The largest absolute Gasteiger partial charge is 0.480 e. The molecule has 7 heteroatoms. The van der Waals surface area contributed by atoms with Crippen LogP contribution in [0.2, 0.25) is 0 Å². The monoisotopic (exact) mass is 279 g/mol. The molecule has 0 aromatic heterocycles. The van der Waals surface area contributed by atoms with Crippen LogP contribution in [0.15, 0.2) is 0 Å². The van der Waals surface area contributed by atoms with Gasteiger partial charge in [-0.2, -0.15) is 0 Å². The number of aliphatic carboxylic acids is 1. The zero-order chi connectivity index (χ0) is 14.0. The molecule has 0 spiro atoms. The number of hydrogen-bond donors (Lipinski definition) is 1. The summed E-state index contributed by atoms with van der Waals surface area (Å²) >= 11 is 0. The van der Waals surface area contributed by atoms with Crippen molar-refractivity contribution in [2.24, 2.45) is 0 Å². The molecule has 0 bridgehead atoms. The Labute approximate surface area is 108 Å². The van der Waals surface area contributed by atoms with E-state index in [0.29, 0.717) is 25.9 Å². The lowest BCUT2D eigenvalue weighted by molar-refractivity contribution is -0.145. The highest BCUT2D eigenvalue weighted by atomic mass is 32.2. The number of piperidine rings is 1. The second-order valence-corrected chi connectivity index (χ2v) is 8.11. The predicted molar refractivity (Wildman–Crippen MR) is 66.9 cm³/mol. The Morgan fingerprint density at radius 2 is 1.83 bits per heavy atom. The van der Waals surface area contributed by atoms with Crippen molar-refractivity contribution in [1.29, 1.82) is 0 Å². The smallest absolute Gasteiger partial charge is 0.329 e. The highest BCUT2D eigenvalue weighted by Gasteiger charge is 2.37. The minimum Gasteiger partial charge on any atom is -0.480 e. The van der Waals surface area contributed by atoms with Crippen LogP contribution in [0.3, 0.4) is 0 Å². The van der Waals surface area contributed by atoms with Crippen LogP contribution < -0.4 is 0 Å². The van der Waals surface area contributed by atoms with Crippen molar-refractivity contribution >= 4 is 16.0 Å². The van der Waals surface area contributed by atoms with Gasteiger partial charge in [-0.3, -0.25) is 0 Å². The van der Waals surface area contributed by atoms with Crippen molar-refractivity contribution < 1.29 is 23.1 Å². The summed E-state index contributed by atoms with van der Waals surface area (Å²) in [5, 5.41) is 8.50. The summed E-state index contributed by atoms with van der Waals surface area (Å²) in [4.78, 5) is 10.4.